The first-order valence-electron chi connectivity index (χ1n) is 5.95. The number of nitrogens with one attached hydrogen (secondary N) is 2. The molecule has 1 fully saturated rings. The Morgan fingerprint density at radius 3 is 1.81 bits per heavy atom. The molecule has 1 rings (SSSR count). The zero-order chi connectivity index (χ0) is 12.4. The fourth-order valence-electron chi connectivity index (χ4n) is 1.48. The third kappa shape index (κ3) is 5.30. The monoisotopic (exact) mass is 262 g/mol. The molecule has 0 aromatic rings. The number of hydrogen-bond acceptors (Lipinski definition) is 4. The predicted molar refractivity (Wildman–Crippen MR) is 78.3 cm³/mol. The van der Waals surface area contributed by atoms with Gasteiger partial charge in [-0.1, -0.05) is 21.6 Å². The molecule has 0 saturated carbocycles. The average Bonchev–Trinajstić information content (AvgIpc) is 2.11. The van der Waals surface area contributed by atoms with Gasteiger partial charge in [-0.15, -0.1) is 0 Å². The van der Waals surface area contributed by atoms with Crippen molar-refractivity contribution in [2.45, 2.75) is 56.6 Å². The van der Waals surface area contributed by atoms with Gasteiger partial charge in [0.2, 0.25) is 0 Å². The second-order valence-electron chi connectivity index (χ2n) is 6.53. The van der Waals surface area contributed by atoms with Crippen LogP contribution in [0.2, 0.25) is 0 Å². The van der Waals surface area contributed by atoms with Gasteiger partial charge in [0.05, 0.1) is 0 Å². The van der Waals surface area contributed by atoms with E-state index in [1.807, 2.05) is 21.6 Å². The first kappa shape index (κ1) is 14.7. The van der Waals surface area contributed by atoms with E-state index < -0.39 is 0 Å². The van der Waals surface area contributed by atoms with Crippen molar-refractivity contribution in [3.05, 3.63) is 0 Å². The predicted octanol–water partition coefficient (Wildman–Crippen LogP) is 2.90. The smallest absolute Gasteiger partial charge is 0.0332 e. The maximum atomic E-state index is 3.65. The highest BCUT2D eigenvalue weighted by atomic mass is 33.1. The van der Waals surface area contributed by atoms with Crippen LogP contribution in [0.1, 0.15) is 41.5 Å². The van der Waals surface area contributed by atoms with E-state index in [1.165, 1.54) is 0 Å². The third-order valence-corrected chi connectivity index (χ3v) is 6.83. The lowest BCUT2D eigenvalue weighted by molar-refractivity contribution is 0.349. The second-order valence-corrected chi connectivity index (χ2v) is 10.1. The summed E-state index contributed by atoms with van der Waals surface area (Å²) in [6.45, 7) is 16.9. The summed E-state index contributed by atoms with van der Waals surface area (Å²) in [6.07, 6.45) is 0. The molecule has 0 bridgehead atoms. The average molecular weight is 262 g/mol. The molecule has 0 spiro atoms. The summed E-state index contributed by atoms with van der Waals surface area (Å²) in [5.74, 6) is 0. The minimum Gasteiger partial charge on any atom is -0.314 e. The van der Waals surface area contributed by atoms with E-state index in [9.17, 15) is 0 Å². The van der Waals surface area contributed by atoms with Crippen molar-refractivity contribution in [2.75, 3.05) is 19.6 Å². The lowest BCUT2D eigenvalue weighted by atomic mass is 10.0. The second kappa shape index (κ2) is 5.09. The van der Waals surface area contributed by atoms with E-state index in [2.05, 4.69) is 52.2 Å². The Bertz CT molecular complexity index is 215. The van der Waals surface area contributed by atoms with Gasteiger partial charge < -0.3 is 10.6 Å². The van der Waals surface area contributed by atoms with Gasteiger partial charge in [0, 0.05) is 34.7 Å². The molecule has 0 unspecified atom stereocenters. The van der Waals surface area contributed by atoms with Gasteiger partial charge in [-0.3, -0.25) is 0 Å². The van der Waals surface area contributed by atoms with Crippen LogP contribution in [0, 0.1) is 0 Å². The molecule has 1 aliphatic rings. The van der Waals surface area contributed by atoms with E-state index in [0.717, 1.165) is 19.6 Å². The van der Waals surface area contributed by atoms with Crippen LogP contribution in [-0.4, -0.2) is 34.7 Å². The van der Waals surface area contributed by atoms with Crippen LogP contribution in [0.4, 0.5) is 0 Å². The van der Waals surface area contributed by atoms with Gasteiger partial charge in [-0.05, 0) is 41.5 Å². The molecule has 0 radical (unpaired) electrons. The van der Waals surface area contributed by atoms with Crippen LogP contribution in [0.5, 0.6) is 0 Å². The van der Waals surface area contributed by atoms with Gasteiger partial charge in [0.15, 0.2) is 0 Å². The molecule has 4 heteroatoms. The summed E-state index contributed by atoms with van der Waals surface area (Å²) in [6, 6.07) is 0. The Balaban J connectivity index is 2.69. The molecule has 0 aromatic heterocycles. The summed E-state index contributed by atoms with van der Waals surface area (Å²) >= 11 is 0. The molecular formula is C12H26N2S2. The van der Waals surface area contributed by atoms with Gasteiger partial charge in [-0.2, -0.15) is 0 Å². The number of hydrogen-bond donors (Lipinski definition) is 2. The SMILES string of the molecule is CC1(C)CNCC(C)(C)SSC(C)(C)CN1. The highest BCUT2D eigenvalue weighted by Crippen LogP contribution is 2.43. The lowest BCUT2D eigenvalue weighted by Crippen LogP contribution is -2.53. The highest BCUT2D eigenvalue weighted by Gasteiger charge is 2.30. The Labute approximate surface area is 108 Å². The lowest BCUT2D eigenvalue weighted by Gasteiger charge is -2.37. The molecule has 16 heavy (non-hydrogen) atoms. The molecule has 0 amide bonds. The van der Waals surface area contributed by atoms with Gasteiger partial charge >= 0.3 is 0 Å². The minimum atomic E-state index is 0.177. The number of rotatable bonds is 0. The Morgan fingerprint density at radius 1 is 0.750 bits per heavy atom. The van der Waals surface area contributed by atoms with Gasteiger partial charge in [-0.25, -0.2) is 0 Å². The van der Waals surface area contributed by atoms with Crippen molar-refractivity contribution in [1.29, 1.82) is 0 Å². The van der Waals surface area contributed by atoms with Gasteiger partial charge in [0.25, 0.3) is 0 Å². The van der Waals surface area contributed by atoms with Crippen molar-refractivity contribution in [3.8, 4) is 0 Å². The van der Waals surface area contributed by atoms with E-state index in [-0.39, 0.29) is 10.3 Å². The van der Waals surface area contributed by atoms with E-state index in [1.54, 1.807) is 0 Å². The summed E-state index contributed by atoms with van der Waals surface area (Å²) in [5.41, 5.74) is 0.177. The van der Waals surface area contributed by atoms with E-state index >= 15 is 0 Å². The van der Waals surface area contributed by atoms with Crippen LogP contribution in [0.15, 0.2) is 0 Å². The van der Waals surface area contributed by atoms with Crippen molar-refractivity contribution < 1.29 is 0 Å². The van der Waals surface area contributed by atoms with E-state index in [0.29, 0.717) is 4.75 Å². The largest absolute Gasteiger partial charge is 0.314 e. The topological polar surface area (TPSA) is 24.1 Å². The normalized spacial score (nSPS) is 29.6. The molecule has 96 valence electrons. The zero-order valence-corrected chi connectivity index (χ0v) is 13.1. The maximum absolute atomic E-state index is 3.65. The fraction of sp³-hybridized carbons (Fsp3) is 1.00. The van der Waals surface area contributed by atoms with Crippen LogP contribution in [0.25, 0.3) is 0 Å². The first-order chi connectivity index (χ1) is 7.12. The van der Waals surface area contributed by atoms with Crippen LogP contribution >= 0.6 is 21.6 Å². The van der Waals surface area contributed by atoms with Crippen molar-refractivity contribution >= 4 is 21.6 Å². The molecule has 0 atom stereocenters. The highest BCUT2D eigenvalue weighted by molar-refractivity contribution is 8.77. The van der Waals surface area contributed by atoms with Crippen molar-refractivity contribution in [2.24, 2.45) is 0 Å². The molecule has 1 aliphatic heterocycles. The zero-order valence-electron chi connectivity index (χ0n) is 11.4. The Kier molecular flexibility index (Phi) is 4.67. The van der Waals surface area contributed by atoms with E-state index in [4.69, 9.17) is 0 Å². The fourth-order valence-corrected chi connectivity index (χ4v) is 3.93. The van der Waals surface area contributed by atoms with Crippen LogP contribution < -0.4 is 10.6 Å². The first-order valence-corrected chi connectivity index (χ1v) is 8.10. The van der Waals surface area contributed by atoms with Gasteiger partial charge in [0.1, 0.15) is 0 Å². The van der Waals surface area contributed by atoms with Crippen LogP contribution in [-0.2, 0) is 0 Å². The molecule has 1 saturated heterocycles. The molecule has 0 aliphatic carbocycles. The summed E-state index contributed by atoms with van der Waals surface area (Å²) in [5, 5.41) is 7.22. The summed E-state index contributed by atoms with van der Waals surface area (Å²) in [4.78, 5) is 0. The van der Waals surface area contributed by atoms with Crippen molar-refractivity contribution in [1.82, 2.24) is 10.6 Å². The van der Waals surface area contributed by atoms with Crippen molar-refractivity contribution in [3.63, 3.8) is 0 Å². The third-order valence-electron chi connectivity index (χ3n) is 2.60. The summed E-state index contributed by atoms with van der Waals surface area (Å²) in [7, 11) is 4.00. The minimum absolute atomic E-state index is 0.177. The molecular weight excluding hydrogens is 236 g/mol. The molecule has 2 nitrogen and oxygen atoms in total. The van der Waals surface area contributed by atoms with Crippen LogP contribution in [0.3, 0.4) is 0 Å². The Hall–Kier alpha value is 0.620. The quantitative estimate of drug-likeness (QED) is 0.656. The molecule has 1 heterocycles. The standard InChI is InChI=1S/C12H26N2S2/c1-10(2)7-13-8-11(3,4)15-16-12(5,6)9-14-10/h13-14H,7-9H2,1-6H3. The maximum Gasteiger partial charge on any atom is 0.0332 e. The Morgan fingerprint density at radius 2 is 1.25 bits per heavy atom. The summed E-state index contributed by atoms with van der Waals surface area (Å²) < 4.78 is 0.589. The molecule has 0 aromatic carbocycles. The molecule has 2 N–H and O–H groups in total.